The van der Waals surface area contributed by atoms with Crippen LogP contribution in [0.1, 0.15) is 10.4 Å². The number of nitrogens with zero attached hydrogens (tertiary/aromatic N) is 1. The molecule has 5 nitrogen and oxygen atoms in total. The van der Waals surface area contributed by atoms with Gasteiger partial charge in [-0.2, -0.15) is 5.26 Å². The summed E-state index contributed by atoms with van der Waals surface area (Å²) >= 11 is 1.14. The SMILES string of the molecule is COc1ccccc1C(=O)COC(=O)CSCC#N. The van der Waals surface area contributed by atoms with E-state index in [0.29, 0.717) is 11.3 Å². The molecular weight excluding hydrogens is 266 g/mol. The maximum atomic E-state index is 11.8. The number of ketones is 1. The summed E-state index contributed by atoms with van der Waals surface area (Å²) in [6, 6.07) is 8.63. The van der Waals surface area contributed by atoms with Gasteiger partial charge in [-0.3, -0.25) is 9.59 Å². The van der Waals surface area contributed by atoms with E-state index in [0.717, 1.165) is 11.8 Å². The highest BCUT2D eigenvalue weighted by molar-refractivity contribution is 8.00. The van der Waals surface area contributed by atoms with E-state index in [2.05, 4.69) is 0 Å². The summed E-state index contributed by atoms with van der Waals surface area (Å²) in [5.41, 5.74) is 0.377. The number of esters is 1. The van der Waals surface area contributed by atoms with Gasteiger partial charge in [0.05, 0.1) is 30.2 Å². The van der Waals surface area contributed by atoms with Crippen molar-refractivity contribution in [2.24, 2.45) is 0 Å². The minimum atomic E-state index is -0.511. The van der Waals surface area contributed by atoms with E-state index in [1.165, 1.54) is 7.11 Å². The first-order valence-corrected chi connectivity index (χ1v) is 6.61. The fraction of sp³-hybridized carbons (Fsp3) is 0.308. The largest absolute Gasteiger partial charge is 0.496 e. The fourth-order valence-corrected chi connectivity index (χ4v) is 1.76. The summed E-state index contributed by atoms with van der Waals surface area (Å²) in [5, 5.41) is 8.31. The zero-order valence-electron chi connectivity index (χ0n) is 10.4. The van der Waals surface area contributed by atoms with Gasteiger partial charge in [-0.25, -0.2) is 0 Å². The summed E-state index contributed by atoms with van der Waals surface area (Å²) in [7, 11) is 1.47. The van der Waals surface area contributed by atoms with Crippen LogP contribution in [0, 0.1) is 11.3 Å². The summed E-state index contributed by atoms with van der Waals surface area (Å²) in [6.45, 7) is -0.327. The molecular formula is C13H13NO4S. The molecule has 0 saturated carbocycles. The number of methoxy groups -OCH3 is 1. The van der Waals surface area contributed by atoms with Crippen molar-refractivity contribution < 1.29 is 19.1 Å². The molecule has 6 heteroatoms. The Morgan fingerprint density at radius 2 is 2.11 bits per heavy atom. The number of Topliss-reactive ketones (excluding diaryl/α,β-unsaturated/α-hetero) is 1. The predicted molar refractivity (Wildman–Crippen MR) is 71.2 cm³/mol. The summed E-state index contributed by atoms with van der Waals surface area (Å²) in [4.78, 5) is 23.1. The molecule has 1 rings (SSSR count). The number of hydrogen-bond acceptors (Lipinski definition) is 6. The van der Waals surface area contributed by atoms with E-state index >= 15 is 0 Å². The molecule has 0 saturated heterocycles. The highest BCUT2D eigenvalue weighted by atomic mass is 32.2. The van der Waals surface area contributed by atoms with Crippen LogP contribution in [-0.2, 0) is 9.53 Å². The van der Waals surface area contributed by atoms with E-state index in [-0.39, 0.29) is 23.9 Å². The fourth-order valence-electron chi connectivity index (χ4n) is 1.32. The van der Waals surface area contributed by atoms with Crippen molar-refractivity contribution in [3.05, 3.63) is 29.8 Å². The van der Waals surface area contributed by atoms with E-state index in [1.807, 2.05) is 6.07 Å². The number of hydrogen-bond donors (Lipinski definition) is 0. The normalized spacial score (nSPS) is 9.47. The Morgan fingerprint density at radius 3 is 2.79 bits per heavy atom. The molecule has 0 radical (unpaired) electrons. The van der Waals surface area contributed by atoms with E-state index in [4.69, 9.17) is 14.7 Å². The van der Waals surface area contributed by atoms with Crippen LogP contribution < -0.4 is 4.74 Å². The number of carbonyl (C=O) groups excluding carboxylic acids is 2. The van der Waals surface area contributed by atoms with Crippen LogP contribution in [0.25, 0.3) is 0 Å². The highest BCUT2D eigenvalue weighted by Crippen LogP contribution is 2.17. The molecule has 0 aliphatic heterocycles. The van der Waals surface area contributed by atoms with Crippen molar-refractivity contribution in [3.63, 3.8) is 0 Å². The Labute approximate surface area is 115 Å². The summed E-state index contributed by atoms with van der Waals surface area (Å²) in [6.07, 6.45) is 0. The molecule has 100 valence electrons. The van der Waals surface area contributed by atoms with Crippen LogP contribution in [-0.4, -0.2) is 37.0 Å². The molecule has 0 N–H and O–H groups in total. The molecule has 0 heterocycles. The van der Waals surface area contributed by atoms with Gasteiger partial charge < -0.3 is 9.47 Å². The first-order chi connectivity index (χ1) is 9.19. The van der Waals surface area contributed by atoms with Gasteiger partial charge in [0.25, 0.3) is 0 Å². The lowest BCUT2D eigenvalue weighted by molar-refractivity contribution is -0.139. The van der Waals surface area contributed by atoms with Crippen LogP contribution >= 0.6 is 11.8 Å². The monoisotopic (exact) mass is 279 g/mol. The Hall–Kier alpha value is -2.00. The maximum absolute atomic E-state index is 11.8. The lowest BCUT2D eigenvalue weighted by Gasteiger charge is -2.07. The molecule has 0 amide bonds. The predicted octanol–water partition coefficient (Wildman–Crippen LogP) is 1.68. The second-order valence-corrected chi connectivity index (χ2v) is 4.42. The zero-order chi connectivity index (χ0) is 14.1. The molecule has 1 aromatic carbocycles. The molecule has 0 fully saturated rings. The van der Waals surface area contributed by atoms with Gasteiger partial charge in [-0.15, -0.1) is 11.8 Å². The number of nitriles is 1. The Morgan fingerprint density at radius 1 is 1.37 bits per heavy atom. The van der Waals surface area contributed by atoms with Crippen molar-refractivity contribution >= 4 is 23.5 Å². The van der Waals surface area contributed by atoms with Crippen molar-refractivity contribution in [1.82, 2.24) is 0 Å². The van der Waals surface area contributed by atoms with Crippen LogP contribution in [0.3, 0.4) is 0 Å². The number of carbonyl (C=O) groups is 2. The van der Waals surface area contributed by atoms with Crippen molar-refractivity contribution in [2.75, 3.05) is 25.2 Å². The number of para-hydroxylation sites is 1. The number of benzene rings is 1. The number of rotatable bonds is 7. The maximum Gasteiger partial charge on any atom is 0.316 e. The van der Waals surface area contributed by atoms with Crippen LogP contribution in [0.2, 0.25) is 0 Å². The van der Waals surface area contributed by atoms with Gasteiger partial charge in [0.15, 0.2) is 6.61 Å². The van der Waals surface area contributed by atoms with Crippen molar-refractivity contribution in [2.45, 2.75) is 0 Å². The number of ether oxygens (including phenoxy) is 2. The van der Waals surface area contributed by atoms with Crippen LogP contribution in [0.5, 0.6) is 5.75 Å². The Kier molecular flexibility index (Phi) is 6.47. The minimum Gasteiger partial charge on any atom is -0.496 e. The Bertz CT molecular complexity index is 496. The van der Waals surface area contributed by atoms with Gasteiger partial charge in [0, 0.05) is 0 Å². The smallest absolute Gasteiger partial charge is 0.316 e. The first-order valence-electron chi connectivity index (χ1n) is 5.45. The molecule has 0 aliphatic rings. The molecule has 19 heavy (non-hydrogen) atoms. The average Bonchev–Trinajstić information content (AvgIpc) is 2.45. The second kappa shape index (κ2) is 8.16. The quantitative estimate of drug-likeness (QED) is 0.429. The molecule has 0 bridgehead atoms. The van der Waals surface area contributed by atoms with E-state index in [9.17, 15) is 9.59 Å². The van der Waals surface area contributed by atoms with Gasteiger partial charge in [-0.05, 0) is 12.1 Å². The van der Waals surface area contributed by atoms with Crippen LogP contribution in [0.4, 0.5) is 0 Å². The van der Waals surface area contributed by atoms with Gasteiger partial charge in [0.1, 0.15) is 5.75 Å². The minimum absolute atomic E-state index is 0.0623. The average molecular weight is 279 g/mol. The standard InChI is InChI=1S/C13H13NO4S/c1-17-12-5-3-2-4-10(12)11(15)8-18-13(16)9-19-7-6-14/h2-5H,7-9H2,1H3. The molecule has 0 aromatic heterocycles. The summed E-state index contributed by atoms with van der Waals surface area (Å²) < 4.78 is 9.88. The van der Waals surface area contributed by atoms with Crippen molar-refractivity contribution in [3.8, 4) is 11.8 Å². The Balaban J connectivity index is 2.47. The van der Waals surface area contributed by atoms with Crippen LogP contribution in [0.15, 0.2) is 24.3 Å². The van der Waals surface area contributed by atoms with Gasteiger partial charge >= 0.3 is 5.97 Å². The van der Waals surface area contributed by atoms with E-state index in [1.54, 1.807) is 24.3 Å². The molecule has 0 atom stereocenters. The van der Waals surface area contributed by atoms with Crippen molar-refractivity contribution in [1.29, 1.82) is 5.26 Å². The van der Waals surface area contributed by atoms with Gasteiger partial charge in [0.2, 0.25) is 5.78 Å². The molecule has 0 unspecified atom stereocenters. The van der Waals surface area contributed by atoms with Gasteiger partial charge in [-0.1, -0.05) is 12.1 Å². The lowest BCUT2D eigenvalue weighted by Crippen LogP contribution is -2.16. The second-order valence-electron chi connectivity index (χ2n) is 3.44. The first kappa shape index (κ1) is 15.1. The molecule has 0 spiro atoms. The third-order valence-electron chi connectivity index (χ3n) is 2.16. The molecule has 1 aromatic rings. The third kappa shape index (κ3) is 5.02. The van der Waals surface area contributed by atoms with E-state index < -0.39 is 5.97 Å². The number of thioether (sulfide) groups is 1. The highest BCUT2D eigenvalue weighted by Gasteiger charge is 2.13. The topological polar surface area (TPSA) is 76.4 Å². The summed E-state index contributed by atoms with van der Waals surface area (Å²) in [5.74, 6) is -0.107. The molecule has 0 aliphatic carbocycles. The lowest BCUT2D eigenvalue weighted by atomic mass is 10.1. The zero-order valence-corrected chi connectivity index (χ0v) is 11.2. The third-order valence-corrected chi connectivity index (χ3v) is 2.93.